The fourth-order valence-electron chi connectivity index (χ4n) is 2.13. The molecule has 0 amide bonds. The summed E-state index contributed by atoms with van der Waals surface area (Å²) in [5, 5.41) is 6.39. The highest BCUT2D eigenvalue weighted by molar-refractivity contribution is 9.10. The summed E-state index contributed by atoms with van der Waals surface area (Å²) in [5.41, 5.74) is 0. The summed E-state index contributed by atoms with van der Waals surface area (Å²) in [6.45, 7) is 3.23. The van der Waals surface area contributed by atoms with Gasteiger partial charge in [-0.15, -0.1) is 0 Å². The topological polar surface area (TPSA) is 49.8 Å². The fraction of sp³-hybridized carbons (Fsp3) is 0.733. The van der Waals surface area contributed by atoms with Crippen molar-refractivity contribution in [3.8, 4) is 0 Å². The van der Waals surface area contributed by atoms with Gasteiger partial charge in [-0.2, -0.15) is 0 Å². The van der Waals surface area contributed by atoms with E-state index in [9.17, 15) is 0 Å². The molecule has 0 radical (unpaired) electrons. The molecule has 1 heterocycles. The van der Waals surface area contributed by atoms with Crippen LogP contribution in [0.25, 0.3) is 0 Å². The number of nitrogens with one attached hydrogen (secondary N) is 2. The van der Waals surface area contributed by atoms with Gasteiger partial charge in [0.25, 0.3) is 0 Å². The van der Waals surface area contributed by atoms with E-state index in [2.05, 4.69) is 43.5 Å². The summed E-state index contributed by atoms with van der Waals surface area (Å²) >= 11 is 3.51. The molecule has 0 aliphatic rings. The third-order valence-electron chi connectivity index (χ3n) is 3.35. The minimum absolute atomic E-state index is 0.818. The smallest absolute Gasteiger partial charge is 0.145 e. The standard InChI is InChI=1S/C15H27BrN4/c1-3-4-5-6-7-8-9-10-11-18-15-13(16)14(17-2)19-12-20-15/h12H,3-11H2,1-2H3,(H2,17,18,19,20). The van der Waals surface area contributed by atoms with E-state index in [4.69, 9.17) is 0 Å². The van der Waals surface area contributed by atoms with Crippen molar-refractivity contribution in [2.24, 2.45) is 0 Å². The van der Waals surface area contributed by atoms with Gasteiger partial charge < -0.3 is 10.6 Å². The van der Waals surface area contributed by atoms with Crippen LogP contribution in [-0.4, -0.2) is 23.6 Å². The molecule has 2 N–H and O–H groups in total. The van der Waals surface area contributed by atoms with Crippen LogP contribution in [0.15, 0.2) is 10.8 Å². The van der Waals surface area contributed by atoms with Crippen molar-refractivity contribution in [1.82, 2.24) is 9.97 Å². The maximum absolute atomic E-state index is 4.25. The summed E-state index contributed by atoms with van der Waals surface area (Å²) in [6.07, 6.45) is 12.3. The van der Waals surface area contributed by atoms with Crippen molar-refractivity contribution in [3.05, 3.63) is 10.8 Å². The van der Waals surface area contributed by atoms with Crippen LogP contribution in [0.1, 0.15) is 58.3 Å². The van der Waals surface area contributed by atoms with Crippen molar-refractivity contribution in [3.63, 3.8) is 0 Å². The molecule has 4 nitrogen and oxygen atoms in total. The van der Waals surface area contributed by atoms with Crippen LogP contribution in [0.3, 0.4) is 0 Å². The molecule has 0 aliphatic heterocycles. The van der Waals surface area contributed by atoms with Gasteiger partial charge in [0, 0.05) is 13.6 Å². The van der Waals surface area contributed by atoms with Crippen LogP contribution in [0.4, 0.5) is 11.6 Å². The summed E-state index contributed by atoms with van der Waals surface area (Å²) < 4.78 is 0.905. The number of anilines is 2. The molecule has 0 fully saturated rings. The molecule has 0 atom stereocenters. The molecule has 114 valence electrons. The first-order valence-corrected chi connectivity index (χ1v) is 8.51. The molecule has 1 rings (SSSR count). The van der Waals surface area contributed by atoms with Crippen molar-refractivity contribution in [2.75, 3.05) is 24.2 Å². The normalized spacial score (nSPS) is 10.6. The lowest BCUT2D eigenvalue weighted by Gasteiger charge is -2.09. The minimum atomic E-state index is 0.818. The molecule has 0 saturated carbocycles. The average molecular weight is 343 g/mol. The average Bonchev–Trinajstić information content (AvgIpc) is 2.47. The van der Waals surface area contributed by atoms with Crippen molar-refractivity contribution in [1.29, 1.82) is 0 Å². The van der Waals surface area contributed by atoms with Crippen LogP contribution in [0.2, 0.25) is 0 Å². The molecule has 0 saturated heterocycles. The fourth-order valence-corrected chi connectivity index (χ4v) is 2.68. The Balaban J connectivity index is 2.09. The zero-order valence-corrected chi connectivity index (χ0v) is 14.3. The Morgan fingerprint density at radius 1 is 0.950 bits per heavy atom. The Bertz CT molecular complexity index is 371. The second kappa shape index (κ2) is 10.9. The van der Waals surface area contributed by atoms with Crippen molar-refractivity contribution in [2.45, 2.75) is 58.3 Å². The third-order valence-corrected chi connectivity index (χ3v) is 4.10. The first kappa shape index (κ1) is 17.2. The van der Waals surface area contributed by atoms with Crippen molar-refractivity contribution >= 4 is 27.6 Å². The number of halogens is 1. The Kier molecular flexibility index (Phi) is 9.37. The minimum Gasteiger partial charge on any atom is -0.372 e. The van der Waals surface area contributed by atoms with E-state index in [0.717, 1.165) is 22.7 Å². The number of unbranched alkanes of at least 4 members (excludes halogenated alkanes) is 7. The largest absolute Gasteiger partial charge is 0.372 e. The second-order valence-corrected chi connectivity index (χ2v) is 5.83. The zero-order valence-electron chi connectivity index (χ0n) is 12.7. The predicted octanol–water partition coefficient (Wildman–Crippen LogP) is 4.83. The van der Waals surface area contributed by atoms with Gasteiger partial charge in [-0.25, -0.2) is 9.97 Å². The van der Waals surface area contributed by atoms with Gasteiger partial charge in [-0.05, 0) is 22.4 Å². The summed E-state index contributed by atoms with van der Waals surface area (Å²) in [6, 6.07) is 0. The molecule has 1 aromatic heterocycles. The second-order valence-electron chi connectivity index (χ2n) is 5.04. The van der Waals surface area contributed by atoms with Gasteiger partial charge in [-0.1, -0.05) is 51.9 Å². The number of hydrogen-bond donors (Lipinski definition) is 2. The van der Waals surface area contributed by atoms with E-state index in [-0.39, 0.29) is 0 Å². The summed E-state index contributed by atoms with van der Waals surface area (Å²) in [7, 11) is 1.86. The van der Waals surface area contributed by atoms with Crippen LogP contribution in [0, 0.1) is 0 Å². The predicted molar refractivity (Wildman–Crippen MR) is 90.4 cm³/mol. The molecule has 0 aromatic carbocycles. The number of rotatable bonds is 11. The molecule has 0 unspecified atom stereocenters. The lowest BCUT2D eigenvalue weighted by Crippen LogP contribution is -2.06. The van der Waals surface area contributed by atoms with Crippen LogP contribution >= 0.6 is 15.9 Å². The number of nitrogens with zero attached hydrogens (tertiary/aromatic N) is 2. The molecule has 1 aromatic rings. The Labute approximate surface area is 131 Å². The quantitative estimate of drug-likeness (QED) is 0.565. The van der Waals surface area contributed by atoms with E-state index in [1.807, 2.05) is 7.05 Å². The highest BCUT2D eigenvalue weighted by Gasteiger charge is 2.06. The Morgan fingerprint density at radius 2 is 1.55 bits per heavy atom. The van der Waals surface area contributed by atoms with Crippen LogP contribution in [-0.2, 0) is 0 Å². The Hall–Kier alpha value is -0.840. The number of aromatic nitrogens is 2. The molecular weight excluding hydrogens is 316 g/mol. The summed E-state index contributed by atoms with van der Waals surface area (Å²) in [4.78, 5) is 8.39. The lowest BCUT2D eigenvalue weighted by molar-refractivity contribution is 0.581. The van der Waals surface area contributed by atoms with E-state index in [1.165, 1.54) is 51.4 Å². The first-order valence-electron chi connectivity index (χ1n) is 7.71. The SMILES string of the molecule is CCCCCCCCCCNc1ncnc(NC)c1Br. The Morgan fingerprint density at radius 3 is 2.20 bits per heavy atom. The monoisotopic (exact) mass is 342 g/mol. The van der Waals surface area contributed by atoms with E-state index in [1.54, 1.807) is 6.33 Å². The van der Waals surface area contributed by atoms with Gasteiger partial charge in [0.1, 0.15) is 22.4 Å². The molecule has 5 heteroatoms. The molecular formula is C15H27BrN4. The maximum atomic E-state index is 4.25. The van der Waals surface area contributed by atoms with Gasteiger partial charge in [-0.3, -0.25) is 0 Å². The third kappa shape index (κ3) is 6.55. The molecule has 0 spiro atoms. The molecule has 0 aliphatic carbocycles. The first-order chi connectivity index (χ1) is 9.79. The maximum Gasteiger partial charge on any atom is 0.145 e. The van der Waals surface area contributed by atoms with E-state index < -0.39 is 0 Å². The lowest BCUT2D eigenvalue weighted by atomic mass is 10.1. The van der Waals surface area contributed by atoms with Crippen LogP contribution < -0.4 is 10.6 Å². The zero-order chi connectivity index (χ0) is 14.6. The van der Waals surface area contributed by atoms with E-state index >= 15 is 0 Å². The van der Waals surface area contributed by atoms with Gasteiger partial charge in [0.05, 0.1) is 0 Å². The van der Waals surface area contributed by atoms with Crippen molar-refractivity contribution < 1.29 is 0 Å². The highest BCUT2D eigenvalue weighted by Crippen LogP contribution is 2.25. The highest BCUT2D eigenvalue weighted by atomic mass is 79.9. The van der Waals surface area contributed by atoms with Gasteiger partial charge in [0.15, 0.2) is 0 Å². The molecule has 20 heavy (non-hydrogen) atoms. The molecule has 0 bridgehead atoms. The van der Waals surface area contributed by atoms with Gasteiger partial charge in [0.2, 0.25) is 0 Å². The van der Waals surface area contributed by atoms with E-state index in [0.29, 0.717) is 0 Å². The van der Waals surface area contributed by atoms with Crippen LogP contribution in [0.5, 0.6) is 0 Å². The number of hydrogen-bond acceptors (Lipinski definition) is 4. The summed E-state index contributed by atoms with van der Waals surface area (Å²) in [5.74, 6) is 1.69. The van der Waals surface area contributed by atoms with Gasteiger partial charge >= 0.3 is 0 Å².